The van der Waals surface area contributed by atoms with Crippen LogP contribution < -0.4 is 9.47 Å². The first-order chi connectivity index (χ1) is 15.8. The molecule has 3 aromatic rings. The lowest BCUT2D eigenvalue weighted by molar-refractivity contribution is 0.0988. The van der Waals surface area contributed by atoms with Crippen molar-refractivity contribution in [2.45, 2.75) is 17.9 Å². The fraction of sp³-hybridized carbons (Fsp3) is 0.280. The normalized spacial score (nSPS) is 23.2. The summed E-state index contributed by atoms with van der Waals surface area (Å²) in [6.07, 6.45) is -0.465. The first-order valence-electron chi connectivity index (χ1n) is 10.5. The summed E-state index contributed by atoms with van der Waals surface area (Å²) in [5.41, 5.74) is 2.83. The minimum absolute atomic E-state index is 0.0392. The summed E-state index contributed by atoms with van der Waals surface area (Å²) < 4.78 is 16.8. The molecule has 4 atom stereocenters. The van der Waals surface area contributed by atoms with E-state index >= 15 is 0 Å². The molecule has 1 saturated heterocycles. The van der Waals surface area contributed by atoms with Crippen molar-refractivity contribution in [1.82, 2.24) is 0 Å². The van der Waals surface area contributed by atoms with Gasteiger partial charge in [-0.1, -0.05) is 6.07 Å². The zero-order valence-electron chi connectivity index (χ0n) is 18.0. The highest BCUT2D eigenvalue weighted by atomic mass is 16.5. The van der Waals surface area contributed by atoms with Gasteiger partial charge in [0.2, 0.25) is 5.75 Å². The van der Waals surface area contributed by atoms with Gasteiger partial charge in [-0.2, -0.15) is 0 Å². The van der Waals surface area contributed by atoms with Gasteiger partial charge in [0.05, 0.1) is 26.9 Å². The van der Waals surface area contributed by atoms with Gasteiger partial charge in [-0.3, -0.25) is 0 Å². The monoisotopic (exact) mass is 452 g/mol. The van der Waals surface area contributed by atoms with E-state index < -0.39 is 6.10 Å². The summed E-state index contributed by atoms with van der Waals surface area (Å²) in [4.78, 5) is 0. The van der Waals surface area contributed by atoms with E-state index in [1.807, 2.05) is 0 Å². The van der Waals surface area contributed by atoms with Crippen molar-refractivity contribution in [1.29, 1.82) is 0 Å². The maximum Gasteiger partial charge on any atom is 0.200 e. The molecule has 1 fully saturated rings. The van der Waals surface area contributed by atoms with Gasteiger partial charge >= 0.3 is 0 Å². The number of hydrogen-bond acceptors (Lipinski definition) is 8. The van der Waals surface area contributed by atoms with Crippen molar-refractivity contribution in [3.8, 4) is 40.2 Å². The molecule has 0 radical (unpaired) electrons. The Kier molecular flexibility index (Phi) is 4.90. The standard InChI is InChI=1S/C25H24O8/c1-31-19-6-12(7-20(32-2)24(19)30)21-15-10-33-25(11-3-4-16(27)17(28)5-11)22(15)14-8-13(26)9-18(29)23(14)21/h3-9,15,21-22,25-30H,10H2,1-2H3/t15-,21-,22+,25+/m0/s1. The smallest absolute Gasteiger partial charge is 0.200 e. The molecule has 5 rings (SSSR count). The van der Waals surface area contributed by atoms with Crippen LogP contribution in [0.4, 0.5) is 0 Å². The van der Waals surface area contributed by atoms with Crippen molar-refractivity contribution >= 4 is 0 Å². The molecule has 0 saturated carbocycles. The summed E-state index contributed by atoms with van der Waals surface area (Å²) >= 11 is 0. The average Bonchev–Trinajstić information content (AvgIpc) is 3.35. The van der Waals surface area contributed by atoms with Crippen LogP contribution in [-0.2, 0) is 4.74 Å². The van der Waals surface area contributed by atoms with E-state index in [4.69, 9.17) is 14.2 Å². The average molecular weight is 452 g/mol. The van der Waals surface area contributed by atoms with Crippen LogP contribution >= 0.6 is 0 Å². The Labute approximate surface area is 189 Å². The van der Waals surface area contributed by atoms with Crippen LogP contribution in [0.5, 0.6) is 40.2 Å². The van der Waals surface area contributed by atoms with E-state index in [1.54, 1.807) is 24.3 Å². The highest BCUT2D eigenvalue weighted by Crippen LogP contribution is 2.62. The summed E-state index contributed by atoms with van der Waals surface area (Å²) in [7, 11) is 2.90. The fourth-order valence-electron chi connectivity index (χ4n) is 5.35. The van der Waals surface area contributed by atoms with Crippen LogP contribution in [0.25, 0.3) is 0 Å². The molecule has 0 aromatic heterocycles. The number of fused-ring (bicyclic) bond motifs is 3. The van der Waals surface area contributed by atoms with Crippen molar-refractivity contribution in [3.63, 3.8) is 0 Å². The molecule has 0 unspecified atom stereocenters. The van der Waals surface area contributed by atoms with Crippen LogP contribution in [0.1, 0.15) is 40.2 Å². The Bertz CT molecular complexity index is 1210. The summed E-state index contributed by atoms with van der Waals surface area (Å²) in [5, 5.41) is 51.2. The first kappa shape index (κ1) is 21.1. The highest BCUT2D eigenvalue weighted by Gasteiger charge is 2.52. The van der Waals surface area contributed by atoms with Crippen molar-refractivity contribution in [2.75, 3.05) is 20.8 Å². The number of benzene rings is 3. The van der Waals surface area contributed by atoms with Crippen LogP contribution in [0, 0.1) is 5.92 Å². The zero-order chi connectivity index (χ0) is 23.4. The molecule has 33 heavy (non-hydrogen) atoms. The molecule has 5 N–H and O–H groups in total. The minimum Gasteiger partial charge on any atom is -0.508 e. The van der Waals surface area contributed by atoms with Gasteiger partial charge < -0.3 is 39.7 Å². The molecule has 0 spiro atoms. The SMILES string of the molecule is COc1cc([C@@H]2c3c(O)cc(O)cc3[C@@H]3[C@H]2CO[C@@H]3c2ccc(O)c(O)c2)cc(OC)c1O. The number of methoxy groups -OCH3 is 2. The molecule has 1 aliphatic heterocycles. The topological polar surface area (TPSA) is 129 Å². The summed E-state index contributed by atoms with van der Waals surface area (Å²) in [6, 6.07) is 10.9. The van der Waals surface area contributed by atoms with Gasteiger partial charge in [0.25, 0.3) is 0 Å². The van der Waals surface area contributed by atoms with Gasteiger partial charge in [-0.15, -0.1) is 0 Å². The second-order valence-electron chi connectivity index (χ2n) is 8.41. The second-order valence-corrected chi connectivity index (χ2v) is 8.41. The lowest BCUT2D eigenvalue weighted by Gasteiger charge is -2.22. The third-order valence-electron chi connectivity index (χ3n) is 6.72. The van der Waals surface area contributed by atoms with Crippen LogP contribution in [0.15, 0.2) is 42.5 Å². The minimum atomic E-state index is -0.465. The molecular formula is C25H24O8. The first-order valence-corrected chi connectivity index (χ1v) is 10.5. The van der Waals surface area contributed by atoms with Crippen LogP contribution in [0.3, 0.4) is 0 Å². The molecule has 0 amide bonds. The number of phenolic OH excluding ortho intramolecular Hbond substituents is 5. The van der Waals surface area contributed by atoms with Gasteiger partial charge in [-0.25, -0.2) is 0 Å². The highest BCUT2D eigenvalue weighted by molar-refractivity contribution is 5.61. The number of rotatable bonds is 4. The maximum absolute atomic E-state index is 10.9. The summed E-state index contributed by atoms with van der Waals surface area (Å²) in [5.74, 6) is -0.896. The van der Waals surface area contributed by atoms with Gasteiger partial charge in [0.1, 0.15) is 11.5 Å². The maximum atomic E-state index is 10.9. The molecule has 0 bridgehead atoms. The number of ether oxygens (including phenoxy) is 3. The Hall–Kier alpha value is -3.78. The third kappa shape index (κ3) is 3.17. The zero-order valence-corrected chi connectivity index (χ0v) is 18.0. The predicted molar refractivity (Wildman–Crippen MR) is 118 cm³/mol. The van der Waals surface area contributed by atoms with E-state index in [-0.39, 0.29) is 58.0 Å². The van der Waals surface area contributed by atoms with Crippen molar-refractivity contribution in [3.05, 3.63) is 64.7 Å². The molecule has 172 valence electrons. The largest absolute Gasteiger partial charge is 0.508 e. The number of aromatic hydroxyl groups is 5. The molecule has 1 heterocycles. The summed E-state index contributed by atoms with van der Waals surface area (Å²) in [6.45, 7) is 0.349. The van der Waals surface area contributed by atoms with Crippen molar-refractivity contribution < 1.29 is 39.7 Å². The Morgan fingerprint density at radius 1 is 0.788 bits per heavy atom. The Morgan fingerprint density at radius 3 is 2.12 bits per heavy atom. The number of phenols is 5. The van der Waals surface area contributed by atoms with Gasteiger partial charge in [-0.05, 0) is 47.0 Å². The second kappa shape index (κ2) is 7.67. The van der Waals surface area contributed by atoms with E-state index in [9.17, 15) is 25.5 Å². The van der Waals surface area contributed by atoms with Gasteiger partial charge in [0.15, 0.2) is 23.0 Å². The predicted octanol–water partition coefficient (Wildman–Crippen LogP) is 3.85. The van der Waals surface area contributed by atoms with E-state index in [2.05, 4.69) is 0 Å². The molecule has 3 aromatic carbocycles. The molecule has 8 heteroatoms. The van der Waals surface area contributed by atoms with E-state index in [0.29, 0.717) is 17.7 Å². The molecule has 2 aliphatic rings. The molecular weight excluding hydrogens is 428 g/mol. The lowest BCUT2D eigenvalue weighted by atomic mass is 9.81. The number of hydrogen-bond donors (Lipinski definition) is 5. The van der Waals surface area contributed by atoms with E-state index in [0.717, 1.165) is 11.1 Å². The quantitative estimate of drug-likeness (QED) is 0.378. The Morgan fingerprint density at radius 2 is 1.48 bits per heavy atom. The van der Waals surface area contributed by atoms with Crippen LogP contribution in [-0.4, -0.2) is 46.4 Å². The van der Waals surface area contributed by atoms with E-state index in [1.165, 1.54) is 32.4 Å². The Balaban J connectivity index is 1.68. The van der Waals surface area contributed by atoms with Crippen LogP contribution in [0.2, 0.25) is 0 Å². The lowest BCUT2D eigenvalue weighted by Crippen LogP contribution is -2.13. The van der Waals surface area contributed by atoms with Gasteiger partial charge in [0, 0.05) is 29.4 Å². The molecule has 1 aliphatic carbocycles. The fourth-order valence-corrected chi connectivity index (χ4v) is 5.35. The molecule has 8 nitrogen and oxygen atoms in total. The van der Waals surface area contributed by atoms with Crippen molar-refractivity contribution in [2.24, 2.45) is 5.92 Å². The third-order valence-corrected chi connectivity index (χ3v) is 6.72.